The van der Waals surface area contributed by atoms with Crippen molar-refractivity contribution < 1.29 is 126 Å². The number of rotatable bonds is 22. The monoisotopic (exact) mass is 1160 g/mol. The maximum Gasteiger partial charge on any atom is 0.479 e. The molecule has 0 radical (unpaired) electrons. The van der Waals surface area contributed by atoms with E-state index in [-0.39, 0.29) is 117 Å². The van der Waals surface area contributed by atoms with E-state index < -0.39 is 71.2 Å². The second-order valence-electron chi connectivity index (χ2n) is 16.9. The van der Waals surface area contributed by atoms with E-state index in [1.54, 1.807) is 0 Å². The number of esters is 1. The van der Waals surface area contributed by atoms with Crippen molar-refractivity contribution in [3.8, 4) is 34.1 Å². The molecule has 0 saturated heterocycles. The molecule has 0 saturated carbocycles. The lowest BCUT2D eigenvalue weighted by Crippen LogP contribution is -2.76. The maximum atomic E-state index is 15.6. The number of amides is 1. The van der Waals surface area contributed by atoms with Crippen LogP contribution in [0.3, 0.4) is 0 Å². The van der Waals surface area contributed by atoms with Crippen LogP contribution < -0.4 is 28.8 Å². The van der Waals surface area contributed by atoms with Gasteiger partial charge in [-0.15, -0.1) is 9.13 Å². The molecule has 2 aromatic carbocycles. The first-order valence-electron chi connectivity index (χ1n) is 24.4. The number of benzene rings is 2. The van der Waals surface area contributed by atoms with Gasteiger partial charge in [0.1, 0.15) is 67.9 Å². The Kier molecular flexibility index (Phi) is 21.9. The van der Waals surface area contributed by atoms with Crippen LogP contribution >= 0.6 is 0 Å². The first kappa shape index (κ1) is 62.7. The van der Waals surface area contributed by atoms with Crippen molar-refractivity contribution in [1.82, 2.24) is 10.2 Å². The molecule has 0 fully saturated rings. The van der Waals surface area contributed by atoms with Gasteiger partial charge in [-0.05, 0) is 41.8 Å². The normalized spacial score (nSPS) is 14.7. The summed E-state index contributed by atoms with van der Waals surface area (Å²) in [6.45, 7) is 6.78. The molecule has 1 atom stereocenters. The Morgan fingerprint density at radius 1 is 0.679 bits per heavy atom. The number of carbonyl (C=O) groups excluding carboxylic acids is 2. The molecule has 0 aliphatic carbocycles. The zero-order valence-electron chi connectivity index (χ0n) is 43.8. The van der Waals surface area contributed by atoms with E-state index >= 15 is 8.78 Å². The second kappa shape index (κ2) is 28.3. The number of carbonyl (C=O) groups is 2. The molecule has 1 amide bonds. The van der Waals surface area contributed by atoms with Crippen LogP contribution in [0.5, 0.6) is 11.5 Å². The van der Waals surface area contributed by atoms with E-state index in [2.05, 4.69) is 15.4 Å². The fourth-order valence-corrected chi connectivity index (χ4v) is 8.56. The number of fused-ring (bicyclic) bond motifs is 10. The average Bonchev–Trinajstić information content (AvgIpc) is 4.10. The number of nitrogens with zero attached hydrogens (tertiary/aromatic N) is 4. The number of alkyl halides is 6. The molecule has 3 aliphatic heterocycles. The van der Waals surface area contributed by atoms with Gasteiger partial charge in [-0.1, -0.05) is 19.9 Å². The van der Waals surface area contributed by atoms with Crippen molar-refractivity contribution in [2.24, 2.45) is 7.05 Å². The van der Waals surface area contributed by atoms with Crippen LogP contribution in [0.15, 0.2) is 97.0 Å². The predicted molar refractivity (Wildman–Crippen MR) is 256 cm³/mol. The van der Waals surface area contributed by atoms with Gasteiger partial charge < -0.3 is 34.0 Å². The van der Waals surface area contributed by atoms with Crippen LogP contribution in [0.4, 0.5) is 48.7 Å². The van der Waals surface area contributed by atoms with Crippen molar-refractivity contribution in [2.45, 2.75) is 45.8 Å². The first-order chi connectivity index (χ1) is 38.6. The lowest BCUT2D eigenvalue weighted by atomic mass is 10.0. The van der Waals surface area contributed by atoms with Crippen LogP contribution in [-0.4, -0.2) is 101 Å². The topological polar surface area (TPSA) is 183 Å². The summed E-state index contributed by atoms with van der Waals surface area (Å²) in [5.41, 5.74) is -0.594. The predicted octanol–water partition coefficient (Wildman–Crippen LogP) is 7.99. The van der Waals surface area contributed by atoms with Gasteiger partial charge in [0.25, 0.3) is 11.4 Å². The van der Waals surface area contributed by atoms with Gasteiger partial charge in [-0.2, -0.15) is 31.2 Å². The van der Waals surface area contributed by atoms with E-state index in [0.717, 1.165) is 36.5 Å². The standard InChI is InChI=1S/C36H35F5N4O14.C14H11F5N.C2H6/c1-23(46)51-14-10-49-12-16-54-53-9-6-42-34(47)52-15-11-50-13-17-55-56-26-4-7-43-31(20-26)32-21-27(57-59-58-48)5-8-44(32)36(43)28-18-25(37)19-29(38)33(28)30-3-2-24(22-45(30)36)35(39,40)41;1-8-5-10(15)6-11(16)13(8)12-4-3-9(7-20(12)2)14(17,18)19;1-2/h2-5,7-8,18-21H,6,9-17,22H2,1H3;3-7H,1-2H3;1-2H3/q;+1;/p+2/t36-;;/m0../s1. The molecule has 438 valence electrons. The van der Waals surface area contributed by atoms with E-state index in [1.807, 2.05) is 13.8 Å². The van der Waals surface area contributed by atoms with Gasteiger partial charge in [-0.3, -0.25) is 4.79 Å². The van der Waals surface area contributed by atoms with Gasteiger partial charge in [0.2, 0.25) is 5.69 Å². The molecule has 29 heteroatoms. The molecule has 19 nitrogen and oxygen atoms in total. The van der Waals surface area contributed by atoms with Crippen molar-refractivity contribution >= 4 is 17.8 Å². The number of alkyl carbamates (subject to hydrolysis) is 1. The van der Waals surface area contributed by atoms with Crippen LogP contribution in [-0.2, 0) is 67.5 Å². The summed E-state index contributed by atoms with van der Waals surface area (Å²) < 4.78 is 162. The molecule has 2 N–H and O–H groups in total. The smallest absolute Gasteiger partial charge is 0.463 e. The first-order valence-corrected chi connectivity index (χ1v) is 24.4. The maximum absolute atomic E-state index is 15.6. The van der Waals surface area contributed by atoms with Crippen LogP contribution in [0.2, 0.25) is 0 Å². The van der Waals surface area contributed by atoms with Gasteiger partial charge in [0, 0.05) is 48.8 Å². The van der Waals surface area contributed by atoms with Gasteiger partial charge in [0.05, 0.1) is 74.1 Å². The zero-order chi connectivity index (χ0) is 59.1. The van der Waals surface area contributed by atoms with Crippen LogP contribution in [0, 0.1) is 30.2 Å². The molecular weight excluding hydrogens is 1110 g/mol. The Morgan fingerprint density at radius 3 is 1.85 bits per heavy atom. The molecule has 8 rings (SSSR count). The highest BCUT2D eigenvalue weighted by molar-refractivity contribution is 5.76. The Hall–Kier alpha value is -7.51. The quantitative estimate of drug-likeness (QED) is 0.0170. The average molecular weight is 1160 g/mol. The third-order valence-electron chi connectivity index (χ3n) is 11.7. The van der Waals surface area contributed by atoms with Crippen molar-refractivity contribution in [1.29, 1.82) is 0 Å². The highest BCUT2D eigenvalue weighted by atomic mass is 19.4. The van der Waals surface area contributed by atoms with E-state index in [0.29, 0.717) is 17.7 Å². The second-order valence-corrected chi connectivity index (χ2v) is 16.9. The lowest BCUT2D eigenvalue weighted by molar-refractivity contribution is -0.970. The molecular formula is C52H54F10N5O14+3. The Labute approximate surface area is 455 Å². The number of allylic oxidation sites excluding steroid dienone is 2. The number of nitrogens with one attached hydrogen (secondary N) is 1. The fourth-order valence-electron chi connectivity index (χ4n) is 8.56. The van der Waals surface area contributed by atoms with E-state index in [9.17, 15) is 44.7 Å². The number of aromatic nitrogens is 3. The zero-order valence-corrected chi connectivity index (χ0v) is 43.8. The minimum atomic E-state index is -4.73. The number of aryl methyl sites for hydroxylation is 2. The number of hydrogen-bond donors (Lipinski definition) is 2. The molecule has 0 bridgehead atoms. The third kappa shape index (κ3) is 15.3. The van der Waals surface area contributed by atoms with Gasteiger partial charge in [-0.25, -0.2) is 46.9 Å². The van der Waals surface area contributed by atoms with Gasteiger partial charge >= 0.3 is 30.2 Å². The number of halogens is 10. The fraction of sp³-hybridized carbons (Fsp3) is 0.365. The Bertz CT molecular complexity index is 3050. The number of pyridine rings is 3. The summed E-state index contributed by atoms with van der Waals surface area (Å²) in [4.78, 5) is 49.3. The minimum absolute atomic E-state index is 0.00745. The molecule has 81 heavy (non-hydrogen) atoms. The summed E-state index contributed by atoms with van der Waals surface area (Å²) in [6.07, 6.45) is -4.16. The van der Waals surface area contributed by atoms with Crippen molar-refractivity contribution in [2.75, 3.05) is 72.6 Å². The molecule has 5 aromatic rings. The Balaban J connectivity index is 0.000000401. The van der Waals surface area contributed by atoms with Gasteiger partial charge in [0.15, 0.2) is 30.1 Å². The molecule has 1 spiro atoms. The lowest BCUT2D eigenvalue weighted by Gasteiger charge is -2.31. The molecule has 3 aromatic heterocycles. The summed E-state index contributed by atoms with van der Waals surface area (Å²) in [6, 6.07) is 11.3. The molecule has 0 unspecified atom stereocenters. The van der Waals surface area contributed by atoms with Crippen molar-refractivity contribution in [3.05, 3.63) is 143 Å². The molecule has 3 aliphatic rings. The summed E-state index contributed by atoms with van der Waals surface area (Å²) in [5.74, 6) is -5.59. The highest BCUT2D eigenvalue weighted by Crippen LogP contribution is 2.50. The van der Waals surface area contributed by atoms with Crippen molar-refractivity contribution in [3.63, 3.8) is 0 Å². The van der Waals surface area contributed by atoms with E-state index in [4.69, 9.17) is 48.6 Å². The Morgan fingerprint density at radius 2 is 1.26 bits per heavy atom. The highest BCUT2D eigenvalue weighted by Gasteiger charge is 2.71. The SMILES string of the molecule is CC.CC(=O)OCCOCCOOCCNC(=O)OCCOCCOOc1cc[n+]2c(c1)-c1cc(OOOO)cc[n+]1[C@]21c2cc(F)cc(F)c2C2=CC=C(C(F)(F)F)CN21.Cc1cc(F)cc(F)c1-c1ccc(C(F)(F)F)c[n+]1C. The minimum Gasteiger partial charge on any atom is -0.463 e. The summed E-state index contributed by atoms with van der Waals surface area (Å²) in [7, 11) is 1.38. The number of hydrogen-bond acceptors (Lipinski definition) is 15. The largest absolute Gasteiger partial charge is 0.479 e. The molecule has 6 heterocycles. The van der Waals surface area contributed by atoms with Crippen LogP contribution in [0.25, 0.3) is 28.3 Å². The summed E-state index contributed by atoms with van der Waals surface area (Å²) >= 11 is 0. The number of ether oxygens (including phenoxy) is 4. The summed E-state index contributed by atoms with van der Waals surface area (Å²) in [5, 5.41) is 18.8. The van der Waals surface area contributed by atoms with Crippen LogP contribution in [0.1, 0.15) is 43.0 Å². The third-order valence-corrected chi connectivity index (χ3v) is 11.7. The van der Waals surface area contributed by atoms with E-state index in [1.165, 1.54) is 82.2 Å².